The Balaban J connectivity index is 1.01. The van der Waals surface area contributed by atoms with Crippen LogP contribution in [0.2, 0.25) is 0 Å². The molecule has 3 heterocycles. The maximum Gasteiger partial charge on any atom is 0.335 e. The van der Waals surface area contributed by atoms with Gasteiger partial charge in [-0.2, -0.15) is 11.8 Å². The molecular formula is C25H38N4O10S. The highest BCUT2D eigenvalue weighted by molar-refractivity contribution is 8.00. The summed E-state index contributed by atoms with van der Waals surface area (Å²) in [5, 5.41) is 9.60. The van der Waals surface area contributed by atoms with E-state index < -0.39 is 17.8 Å². The lowest BCUT2D eigenvalue weighted by Crippen LogP contribution is -2.36. The number of nitrogens with one attached hydrogen (secondary N) is 3. The first-order chi connectivity index (χ1) is 19.4. The van der Waals surface area contributed by atoms with E-state index in [1.807, 2.05) is 11.8 Å². The smallest absolute Gasteiger partial charge is 0.335 e. The summed E-state index contributed by atoms with van der Waals surface area (Å²) in [4.78, 5) is 62.2. The Morgan fingerprint density at radius 3 is 2.15 bits per heavy atom. The Morgan fingerprint density at radius 1 is 0.850 bits per heavy atom. The van der Waals surface area contributed by atoms with E-state index in [1.54, 1.807) is 0 Å². The third-order valence-corrected chi connectivity index (χ3v) is 7.69. The fourth-order valence-corrected chi connectivity index (χ4v) is 5.71. The summed E-state index contributed by atoms with van der Waals surface area (Å²) in [6.07, 6.45) is 5.20. The average Bonchev–Trinajstić information content (AvgIpc) is 3.58. The largest absolute Gasteiger partial charge is 0.378 e. The van der Waals surface area contributed by atoms with Crippen molar-refractivity contribution < 1.29 is 47.8 Å². The van der Waals surface area contributed by atoms with Crippen LogP contribution in [0.25, 0.3) is 0 Å². The van der Waals surface area contributed by atoms with Crippen LogP contribution in [0.4, 0.5) is 4.79 Å². The minimum Gasteiger partial charge on any atom is -0.378 e. The van der Waals surface area contributed by atoms with Gasteiger partial charge in [0.1, 0.15) is 0 Å². The van der Waals surface area contributed by atoms with E-state index in [1.165, 1.54) is 0 Å². The molecule has 15 heteroatoms. The highest BCUT2D eigenvalue weighted by Crippen LogP contribution is 2.33. The van der Waals surface area contributed by atoms with Gasteiger partial charge in [-0.05, 0) is 12.8 Å². The van der Waals surface area contributed by atoms with Gasteiger partial charge in [-0.25, -0.2) is 9.59 Å². The lowest BCUT2D eigenvalue weighted by molar-refractivity contribution is -0.196. The van der Waals surface area contributed by atoms with Crippen LogP contribution < -0.4 is 16.0 Å². The SMILES string of the molecule is O=C(CCCCC1SCC2NC(=O)NC21)NCCOCCOCCOCCOCCC(=O)ON1C(=O)C=CC1=O. The van der Waals surface area contributed by atoms with Gasteiger partial charge in [-0.15, -0.1) is 0 Å². The molecule has 0 aromatic carbocycles. The second-order valence-electron chi connectivity index (χ2n) is 9.18. The summed E-state index contributed by atoms with van der Waals surface area (Å²) in [5.41, 5.74) is 0. The quantitative estimate of drug-likeness (QED) is 0.0914. The molecule has 3 N–H and O–H groups in total. The molecule has 0 saturated carbocycles. The highest BCUT2D eigenvalue weighted by Gasteiger charge is 2.42. The summed E-state index contributed by atoms with van der Waals surface area (Å²) in [6, 6.07) is 0.368. The number of hydrogen-bond acceptors (Lipinski definition) is 11. The summed E-state index contributed by atoms with van der Waals surface area (Å²) >= 11 is 1.89. The van der Waals surface area contributed by atoms with Crippen molar-refractivity contribution in [1.29, 1.82) is 0 Å². The van der Waals surface area contributed by atoms with Crippen molar-refractivity contribution in [3.8, 4) is 0 Å². The van der Waals surface area contributed by atoms with Crippen LogP contribution in [-0.2, 0) is 43.0 Å². The van der Waals surface area contributed by atoms with Crippen molar-refractivity contribution >= 4 is 41.5 Å². The Kier molecular flexibility index (Phi) is 14.2. The molecule has 40 heavy (non-hydrogen) atoms. The minimum atomic E-state index is -0.743. The van der Waals surface area contributed by atoms with E-state index in [-0.39, 0.29) is 43.7 Å². The zero-order valence-electron chi connectivity index (χ0n) is 22.4. The molecule has 14 nitrogen and oxygen atoms in total. The predicted molar refractivity (Wildman–Crippen MR) is 142 cm³/mol. The molecule has 5 amide bonds. The molecule has 3 rings (SSSR count). The predicted octanol–water partition coefficient (Wildman–Crippen LogP) is -0.332. The molecular weight excluding hydrogens is 548 g/mol. The number of amides is 5. The zero-order chi connectivity index (χ0) is 28.6. The number of thioether (sulfide) groups is 1. The number of imide groups is 1. The number of fused-ring (bicyclic) bond motifs is 1. The van der Waals surface area contributed by atoms with E-state index in [0.717, 1.165) is 37.2 Å². The lowest BCUT2D eigenvalue weighted by Gasteiger charge is -2.16. The standard InChI is InChI=1S/C25H38N4O10S/c30-20(4-2-1-3-19-24-18(17-40-19)27-25(34)28-24)26-8-10-36-12-14-38-16-15-37-13-11-35-9-7-23(33)39-29-21(31)5-6-22(29)32/h5-6,18-19,24H,1-4,7-17H2,(H,26,30)(H2,27,28,34). The van der Waals surface area contributed by atoms with Crippen LogP contribution in [0.5, 0.6) is 0 Å². The first-order valence-corrected chi connectivity index (χ1v) is 14.5. The normalized spacial score (nSPS) is 21.4. The van der Waals surface area contributed by atoms with E-state index >= 15 is 0 Å². The number of rotatable bonds is 21. The molecule has 2 saturated heterocycles. The molecule has 0 aliphatic carbocycles. The van der Waals surface area contributed by atoms with Gasteiger partial charge in [-0.3, -0.25) is 14.4 Å². The van der Waals surface area contributed by atoms with Crippen molar-refractivity contribution in [3.05, 3.63) is 12.2 Å². The second-order valence-corrected chi connectivity index (χ2v) is 10.5. The van der Waals surface area contributed by atoms with Gasteiger partial charge in [-0.1, -0.05) is 11.5 Å². The van der Waals surface area contributed by atoms with Crippen molar-refractivity contribution in [1.82, 2.24) is 21.0 Å². The maximum absolute atomic E-state index is 12.0. The van der Waals surface area contributed by atoms with E-state index in [4.69, 9.17) is 18.9 Å². The fourth-order valence-electron chi connectivity index (χ4n) is 4.17. The lowest BCUT2D eigenvalue weighted by atomic mass is 10.0. The van der Waals surface area contributed by atoms with Gasteiger partial charge in [0.15, 0.2) is 0 Å². The van der Waals surface area contributed by atoms with Gasteiger partial charge < -0.3 is 39.7 Å². The van der Waals surface area contributed by atoms with Crippen molar-refractivity contribution in [2.75, 3.05) is 65.2 Å². The van der Waals surface area contributed by atoms with Gasteiger partial charge in [0.25, 0.3) is 11.8 Å². The van der Waals surface area contributed by atoms with Crippen LogP contribution in [0.1, 0.15) is 32.1 Å². The van der Waals surface area contributed by atoms with E-state index in [2.05, 4.69) is 20.8 Å². The van der Waals surface area contributed by atoms with Crippen LogP contribution in [0.3, 0.4) is 0 Å². The number of hydroxylamine groups is 2. The number of hydrogen-bond donors (Lipinski definition) is 3. The molecule has 2 fully saturated rings. The maximum atomic E-state index is 12.0. The van der Waals surface area contributed by atoms with Crippen LogP contribution in [-0.4, -0.2) is 117 Å². The molecule has 0 aromatic rings. The van der Waals surface area contributed by atoms with Crippen LogP contribution in [0.15, 0.2) is 12.2 Å². The third-order valence-electron chi connectivity index (χ3n) is 6.18. The number of ether oxygens (including phenoxy) is 4. The van der Waals surface area contributed by atoms with Gasteiger partial charge in [0, 0.05) is 36.1 Å². The third kappa shape index (κ3) is 11.4. The molecule has 224 valence electrons. The summed E-state index contributed by atoms with van der Waals surface area (Å²) in [6.45, 7) is 3.10. The minimum absolute atomic E-state index is 0.0151. The van der Waals surface area contributed by atoms with Crippen molar-refractivity contribution in [2.24, 2.45) is 0 Å². The highest BCUT2D eigenvalue weighted by atomic mass is 32.2. The molecule has 3 aliphatic heterocycles. The fraction of sp³-hybridized carbons (Fsp3) is 0.720. The average molecular weight is 587 g/mol. The van der Waals surface area contributed by atoms with Crippen molar-refractivity contribution in [3.63, 3.8) is 0 Å². The van der Waals surface area contributed by atoms with E-state index in [0.29, 0.717) is 62.9 Å². The molecule has 0 radical (unpaired) electrons. The van der Waals surface area contributed by atoms with Gasteiger partial charge >= 0.3 is 12.0 Å². The number of carbonyl (C=O) groups excluding carboxylic acids is 5. The monoisotopic (exact) mass is 586 g/mol. The molecule has 0 bridgehead atoms. The second kappa shape index (κ2) is 17.9. The molecule has 3 atom stereocenters. The summed E-state index contributed by atoms with van der Waals surface area (Å²) < 4.78 is 21.5. The number of nitrogens with zero attached hydrogens (tertiary/aromatic N) is 1. The first-order valence-electron chi connectivity index (χ1n) is 13.5. The van der Waals surface area contributed by atoms with E-state index in [9.17, 15) is 24.0 Å². The Morgan fingerprint density at radius 2 is 1.48 bits per heavy atom. The Hall–Kier alpha value is -2.72. The molecule has 0 spiro atoms. The van der Waals surface area contributed by atoms with Gasteiger partial charge in [0.2, 0.25) is 5.91 Å². The Labute approximate surface area is 237 Å². The first kappa shape index (κ1) is 31.8. The summed E-state index contributed by atoms with van der Waals surface area (Å²) in [7, 11) is 0. The Bertz CT molecular complexity index is 887. The zero-order valence-corrected chi connectivity index (χ0v) is 23.2. The number of unbranched alkanes of at least 4 members (excludes halogenated alkanes) is 1. The molecule has 3 unspecified atom stereocenters. The molecule has 0 aromatic heterocycles. The van der Waals surface area contributed by atoms with Gasteiger partial charge in [0.05, 0.1) is 71.4 Å². The summed E-state index contributed by atoms with van der Waals surface area (Å²) in [5.74, 6) is -1.17. The van der Waals surface area contributed by atoms with Crippen LogP contribution in [0, 0.1) is 0 Å². The van der Waals surface area contributed by atoms with Crippen LogP contribution >= 0.6 is 11.8 Å². The topological polar surface area (TPSA) is 171 Å². The number of carbonyl (C=O) groups is 5. The molecule has 3 aliphatic rings. The number of urea groups is 1. The van der Waals surface area contributed by atoms with Crippen molar-refractivity contribution in [2.45, 2.75) is 49.4 Å².